The normalized spacial score (nSPS) is 10.8. The Balaban J connectivity index is 2.25. The van der Waals surface area contributed by atoms with Crippen LogP contribution in [0.5, 0.6) is 0 Å². The maximum Gasteiger partial charge on any atom is 0.273 e. The van der Waals surface area contributed by atoms with Crippen LogP contribution in [0.1, 0.15) is 36.1 Å². The minimum absolute atomic E-state index is 0.155. The van der Waals surface area contributed by atoms with E-state index in [1.165, 1.54) is 0 Å². The molecule has 0 saturated heterocycles. The third kappa shape index (κ3) is 3.23. The molecule has 0 aliphatic heterocycles. The van der Waals surface area contributed by atoms with Gasteiger partial charge in [0.05, 0.1) is 0 Å². The minimum atomic E-state index is -0.155. The molecule has 0 aliphatic rings. The number of aryl methyl sites for hydroxylation is 1. The van der Waals surface area contributed by atoms with Crippen molar-refractivity contribution in [3.8, 4) is 0 Å². The molecule has 0 fully saturated rings. The first kappa shape index (κ1) is 13.8. The van der Waals surface area contributed by atoms with E-state index < -0.39 is 0 Å². The molecule has 5 heteroatoms. The first-order valence-electron chi connectivity index (χ1n) is 6.10. The molecule has 1 amide bonds. The van der Waals surface area contributed by atoms with Crippen molar-refractivity contribution in [3.05, 3.63) is 46.3 Å². The van der Waals surface area contributed by atoms with Crippen molar-refractivity contribution in [3.63, 3.8) is 0 Å². The minimum Gasteiger partial charge on any atom is -0.340 e. The maximum absolute atomic E-state index is 12.3. The highest BCUT2D eigenvalue weighted by Crippen LogP contribution is 2.20. The van der Waals surface area contributed by atoms with E-state index in [2.05, 4.69) is 26.2 Å². The highest BCUT2D eigenvalue weighted by molar-refractivity contribution is 9.10. The second-order valence-electron chi connectivity index (χ2n) is 4.66. The Morgan fingerprint density at radius 1 is 1.42 bits per heavy atom. The highest BCUT2D eigenvalue weighted by atomic mass is 79.9. The van der Waals surface area contributed by atoms with Crippen molar-refractivity contribution >= 4 is 27.7 Å². The van der Waals surface area contributed by atoms with E-state index in [9.17, 15) is 4.79 Å². The molecule has 2 heterocycles. The number of carbonyl (C=O) groups is 1. The lowest BCUT2D eigenvalue weighted by Gasteiger charge is -2.12. The van der Waals surface area contributed by atoms with Gasteiger partial charge in [0, 0.05) is 22.4 Å². The zero-order valence-electron chi connectivity index (χ0n) is 11.1. The van der Waals surface area contributed by atoms with E-state index in [0.29, 0.717) is 11.5 Å². The Labute approximate surface area is 121 Å². The van der Waals surface area contributed by atoms with Crippen molar-refractivity contribution < 1.29 is 4.79 Å². The summed E-state index contributed by atoms with van der Waals surface area (Å²) >= 11 is 3.40. The van der Waals surface area contributed by atoms with Crippen LogP contribution in [0.2, 0.25) is 0 Å². The quantitative estimate of drug-likeness (QED) is 0.934. The van der Waals surface area contributed by atoms with Crippen LogP contribution in [-0.2, 0) is 0 Å². The number of halogens is 1. The number of hydrogen-bond acceptors (Lipinski definition) is 2. The second-order valence-corrected chi connectivity index (χ2v) is 5.58. The molecule has 0 aromatic carbocycles. The third-order valence-corrected chi connectivity index (χ3v) is 3.17. The van der Waals surface area contributed by atoms with Gasteiger partial charge in [-0.2, -0.15) is 0 Å². The summed E-state index contributed by atoms with van der Waals surface area (Å²) in [5.41, 5.74) is 1.49. The third-order valence-electron chi connectivity index (χ3n) is 2.73. The van der Waals surface area contributed by atoms with Crippen LogP contribution < -0.4 is 5.32 Å². The van der Waals surface area contributed by atoms with Gasteiger partial charge in [-0.15, -0.1) is 0 Å². The van der Waals surface area contributed by atoms with Gasteiger partial charge in [0.15, 0.2) is 0 Å². The molecule has 100 valence electrons. The van der Waals surface area contributed by atoms with Crippen LogP contribution in [-0.4, -0.2) is 15.5 Å². The van der Waals surface area contributed by atoms with E-state index in [1.807, 2.05) is 49.7 Å². The van der Waals surface area contributed by atoms with E-state index in [0.717, 1.165) is 10.2 Å². The molecule has 2 aromatic rings. The Kier molecular flexibility index (Phi) is 4.04. The molecule has 0 aliphatic carbocycles. The molecule has 0 bridgehead atoms. The maximum atomic E-state index is 12.3. The van der Waals surface area contributed by atoms with Gasteiger partial charge in [-0.25, -0.2) is 4.98 Å². The Bertz CT molecular complexity index is 604. The fourth-order valence-corrected chi connectivity index (χ4v) is 2.29. The van der Waals surface area contributed by atoms with Crippen molar-refractivity contribution in [2.75, 3.05) is 5.32 Å². The molecule has 0 atom stereocenters. The summed E-state index contributed by atoms with van der Waals surface area (Å²) in [6, 6.07) is 7.57. The van der Waals surface area contributed by atoms with Crippen LogP contribution in [0.25, 0.3) is 0 Å². The van der Waals surface area contributed by atoms with Crippen molar-refractivity contribution in [2.24, 2.45) is 0 Å². The molecule has 2 aromatic heterocycles. The number of aromatic nitrogens is 2. The summed E-state index contributed by atoms with van der Waals surface area (Å²) < 4.78 is 2.82. The first-order chi connectivity index (χ1) is 8.97. The number of anilines is 1. The zero-order valence-corrected chi connectivity index (χ0v) is 12.7. The predicted molar refractivity (Wildman–Crippen MR) is 79.4 cm³/mol. The van der Waals surface area contributed by atoms with Crippen LogP contribution in [0, 0.1) is 6.92 Å². The number of nitrogens with one attached hydrogen (secondary N) is 1. The fraction of sp³-hybridized carbons (Fsp3) is 0.286. The summed E-state index contributed by atoms with van der Waals surface area (Å²) in [5.74, 6) is 0.412. The summed E-state index contributed by atoms with van der Waals surface area (Å²) in [7, 11) is 0. The molecule has 0 radical (unpaired) electrons. The van der Waals surface area contributed by atoms with Gasteiger partial charge >= 0.3 is 0 Å². The molecule has 0 saturated carbocycles. The standard InChI is InChI=1S/C14H16BrN3O/c1-9(2)18-8-11(15)7-12(18)14(19)17-13-6-4-5-10(3)16-13/h4-9H,1-3H3,(H,16,17,19). The number of hydrogen-bond donors (Lipinski definition) is 1. The Morgan fingerprint density at radius 3 is 2.79 bits per heavy atom. The van der Waals surface area contributed by atoms with Gasteiger partial charge in [-0.05, 0) is 54.9 Å². The molecule has 2 rings (SSSR count). The largest absolute Gasteiger partial charge is 0.340 e. The van der Waals surface area contributed by atoms with Crippen molar-refractivity contribution in [1.82, 2.24) is 9.55 Å². The average Bonchev–Trinajstić information content (AvgIpc) is 2.71. The van der Waals surface area contributed by atoms with E-state index in [4.69, 9.17) is 0 Å². The molecule has 0 spiro atoms. The summed E-state index contributed by atoms with van der Waals surface area (Å²) in [5, 5.41) is 2.82. The topological polar surface area (TPSA) is 46.9 Å². The predicted octanol–water partition coefficient (Wildman–Crippen LogP) is 3.79. The lowest BCUT2D eigenvalue weighted by atomic mass is 10.3. The highest BCUT2D eigenvalue weighted by Gasteiger charge is 2.15. The van der Waals surface area contributed by atoms with Crippen LogP contribution in [0.3, 0.4) is 0 Å². The second kappa shape index (κ2) is 5.57. The number of amides is 1. The monoisotopic (exact) mass is 321 g/mol. The fourth-order valence-electron chi connectivity index (χ4n) is 1.85. The lowest BCUT2D eigenvalue weighted by Crippen LogP contribution is -2.18. The molecule has 4 nitrogen and oxygen atoms in total. The van der Waals surface area contributed by atoms with Crippen LogP contribution >= 0.6 is 15.9 Å². The van der Waals surface area contributed by atoms with Crippen LogP contribution in [0.4, 0.5) is 5.82 Å². The van der Waals surface area contributed by atoms with Gasteiger partial charge in [0.1, 0.15) is 11.5 Å². The summed E-state index contributed by atoms with van der Waals surface area (Å²) in [4.78, 5) is 16.5. The lowest BCUT2D eigenvalue weighted by molar-refractivity contribution is 0.101. The molecular weight excluding hydrogens is 306 g/mol. The van der Waals surface area contributed by atoms with Gasteiger partial charge in [-0.1, -0.05) is 6.07 Å². The summed E-state index contributed by atoms with van der Waals surface area (Å²) in [6.07, 6.45) is 1.91. The number of rotatable bonds is 3. The van der Waals surface area contributed by atoms with Gasteiger partial charge in [0.25, 0.3) is 5.91 Å². The van der Waals surface area contributed by atoms with Gasteiger partial charge in [-0.3, -0.25) is 4.79 Å². The summed E-state index contributed by atoms with van der Waals surface area (Å²) in [6.45, 7) is 5.96. The van der Waals surface area contributed by atoms with Crippen LogP contribution in [0.15, 0.2) is 34.9 Å². The SMILES string of the molecule is Cc1cccc(NC(=O)c2cc(Br)cn2C(C)C)n1. The molecule has 19 heavy (non-hydrogen) atoms. The van der Waals surface area contributed by atoms with Crippen molar-refractivity contribution in [1.29, 1.82) is 0 Å². The van der Waals surface area contributed by atoms with Gasteiger partial charge in [0.2, 0.25) is 0 Å². The van der Waals surface area contributed by atoms with Gasteiger partial charge < -0.3 is 9.88 Å². The van der Waals surface area contributed by atoms with E-state index in [-0.39, 0.29) is 11.9 Å². The number of nitrogens with zero attached hydrogens (tertiary/aromatic N) is 2. The molecular formula is C14H16BrN3O. The zero-order chi connectivity index (χ0) is 14.0. The van der Waals surface area contributed by atoms with E-state index in [1.54, 1.807) is 6.07 Å². The average molecular weight is 322 g/mol. The first-order valence-corrected chi connectivity index (χ1v) is 6.89. The van der Waals surface area contributed by atoms with Crippen molar-refractivity contribution in [2.45, 2.75) is 26.8 Å². The Morgan fingerprint density at radius 2 is 2.16 bits per heavy atom. The number of pyridine rings is 1. The molecule has 1 N–H and O–H groups in total. The number of carbonyl (C=O) groups excluding carboxylic acids is 1. The molecule has 0 unspecified atom stereocenters. The van der Waals surface area contributed by atoms with E-state index >= 15 is 0 Å². The Hall–Kier alpha value is -1.62. The smallest absolute Gasteiger partial charge is 0.273 e.